The number of ether oxygens (including phenoxy) is 1. The van der Waals surface area contributed by atoms with Crippen molar-refractivity contribution in [1.82, 2.24) is 15.6 Å². The Labute approximate surface area is 163 Å². The Morgan fingerprint density at radius 2 is 2.21 bits per heavy atom. The Kier molecular flexibility index (Phi) is 8.00. The summed E-state index contributed by atoms with van der Waals surface area (Å²) in [5.74, 6) is 0.812. The van der Waals surface area contributed by atoms with E-state index >= 15 is 0 Å². The van der Waals surface area contributed by atoms with Gasteiger partial charge in [0.1, 0.15) is 0 Å². The normalized spacial score (nSPS) is 17.5. The molecule has 1 aliphatic rings. The highest BCUT2D eigenvalue weighted by Gasteiger charge is 2.15. The average molecular weight is 461 g/mol. The van der Waals surface area contributed by atoms with Crippen molar-refractivity contribution in [3.63, 3.8) is 0 Å². The summed E-state index contributed by atoms with van der Waals surface area (Å²) in [5, 5.41) is 10.9. The first-order chi connectivity index (χ1) is 11.3. The Balaban J connectivity index is 0.00000208. The Hall–Kier alpha value is -1.13. The molecule has 1 aromatic carbocycles. The zero-order chi connectivity index (χ0) is 15.9. The van der Waals surface area contributed by atoms with Gasteiger partial charge in [-0.25, -0.2) is 4.98 Å². The molecule has 0 spiro atoms. The van der Waals surface area contributed by atoms with Crippen molar-refractivity contribution < 1.29 is 4.74 Å². The average Bonchev–Trinajstić information content (AvgIpc) is 3.23. The number of benzene rings is 1. The lowest BCUT2D eigenvalue weighted by molar-refractivity contribution is 0.114. The second-order valence-electron chi connectivity index (χ2n) is 5.43. The number of anilines is 1. The summed E-state index contributed by atoms with van der Waals surface area (Å²) in [6.45, 7) is 3.26. The number of nitrogens with one attached hydrogen (secondary N) is 3. The number of para-hydroxylation sites is 1. The zero-order valence-corrected chi connectivity index (χ0v) is 16.9. The number of aromatic nitrogens is 1. The van der Waals surface area contributed by atoms with E-state index in [4.69, 9.17) is 4.74 Å². The summed E-state index contributed by atoms with van der Waals surface area (Å²) in [5.41, 5.74) is 1.04. The van der Waals surface area contributed by atoms with Gasteiger partial charge in [-0.15, -0.1) is 24.0 Å². The zero-order valence-electron chi connectivity index (χ0n) is 13.7. The van der Waals surface area contributed by atoms with Gasteiger partial charge in [0.15, 0.2) is 11.1 Å². The summed E-state index contributed by atoms with van der Waals surface area (Å²) < 4.78 is 6.80. The monoisotopic (exact) mass is 461 g/mol. The van der Waals surface area contributed by atoms with Crippen LogP contribution >= 0.6 is 35.3 Å². The molecule has 1 atom stereocenters. The fraction of sp³-hybridized carbons (Fsp3) is 0.500. The topological polar surface area (TPSA) is 70.6 Å². The van der Waals surface area contributed by atoms with Crippen LogP contribution in [0.4, 0.5) is 5.13 Å². The molecule has 0 aliphatic carbocycles. The van der Waals surface area contributed by atoms with Crippen LogP contribution in [0, 0.1) is 0 Å². The van der Waals surface area contributed by atoms with E-state index in [-0.39, 0.29) is 24.0 Å². The summed E-state index contributed by atoms with van der Waals surface area (Å²) in [6.07, 6.45) is 2.60. The highest BCUT2D eigenvalue weighted by atomic mass is 127. The maximum absolute atomic E-state index is 5.60. The second-order valence-corrected chi connectivity index (χ2v) is 6.46. The highest BCUT2D eigenvalue weighted by molar-refractivity contribution is 14.0. The molecule has 2 heterocycles. The minimum absolute atomic E-state index is 0. The largest absolute Gasteiger partial charge is 0.376 e. The number of fused-ring (bicyclic) bond motifs is 1. The van der Waals surface area contributed by atoms with Gasteiger partial charge in [0.25, 0.3) is 0 Å². The molecule has 3 N–H and O–H groups in total. The molecule has 1 saturated heterocycles. The van der Waals surface area contributed by atoms with E-state index < -0.39 is 0 Å². The summed E-state index contributed by atoms with van der Waals surface area (Å²) >= 11 is 1.68. The predicted octanol–water partition coefficient (Wildman–Crippen LogP) is 2.67. The van der Waals surface area contributed by atoms with E-state index in [2.05, 4.69) is 32.0 Å². The first kappa shape index (κ1) is 19.2. The summed E-state index contributed by atoms with van der Waals surface area (Å²) in [4.78, 5) is 8.78. The molecule has 8 heteroatoms. The van der Waals surface area contributed by atoms with Gasteiger partial charge < -0.3 is 20.7 Å². The third kappa shape index (κ3) is 5.45. The van der Waals surface area contributed by atoms with E-state index in [1.807, 2.05) is 18.2 Å². The third-order valence-electron chi connectivity index (χ3n) is 3.73. The van der Waals surface area contributed by atoms with Crippen LogP contribution in [-0.4, -0.2) is 50.3 Å². The number of rotatable bonds is 6. The number of thiazole rings is 1. The fourth-order valence-electron chi connectivity index (χ4n) is 2.53. The molecule has 1 fully saturated rings. The molecule has 132 valence electrons. The molecular formula is C16H24IN5OS. The van der Waals surface area contributed by atoms with Gasteiger partial charge >= 0.3 is 0 Å². The molecule has 0 radical (unpaired) electrons. The fourth-order valence-corrected chi connectivity index (χ4v) is 3.43. The van der Waals surface area contributed by atoms with Gasteiger partial charge in [0, 0.05) is 33.3 Å². The lowest BCUT2D eigenvalue weighted by Gasteiger charge is -2.15. The van der Waals surface area contributed by atoms with Crippen molar-refractivity contribution in [2.45, 2.75) is 18.9 Å². The summed E-state index contributed by atoms with van der Waals surface area (Å²) in [7, 11) is 1.78. The molecular weight excluding hydrogens is 437 g/mol. The molecule has 1 unspecified atom stereocenters. The Morgan fingerprint density at radius 1 is 1.33 bits per heavy atom. The molecule has 1 aliphatic heterocycles. The molecule has 3 rings (SSSR count). The molecule has 2 aromatic rings. The lowest BCUT2D eigenvalue weighted by Crippen LogP contribution is -2.42. The molecule has 24 heavy (non-hydrogen) atoms. The van der Waals surface area contributed by atoms with E-state index in [0.29, 0.717) is 6.10 Å². The van der Waals surface area contributed by atoms with Gasteiger partial charge in [0.2, 0.25) is 0 Å². The number of aliphatic imine (C=N–C) groups is 1. The highest BCUT2D eigenvalue weighted by Crippen LogP contribution is 2.24. The van der Waals surface area contributed by atoms with Crippen molar-refractivity contribution in [3.05, 3.63) is 24.3 Å². The molecule has 6 nitrogen and oxygen atoms in total. The minimum Gasteiger partial charge on any atom is -0.376 e. The lowest BCUT2D eigenvalue weighted by atomic mass is 10.2. The third-order valence-corrected chi connectivity index (χ3v) is 4.73. The smallest absolute Gasteiger partial charge is 0.191 e. The van der Waals surface area contributed by atoms with Crippen molar-refractivity contribution in [3.8, 4) is 0 Å². The number of guanidine groups is 1. The van der Waals surface area contributed by atoms with Crippen LogP contribution in [0.2, 0.25) is 0 Å². The van der Waals surface area contributed by atoms with Crippen LogP contribution < -0.4 is 16.0 Å². The van der Waals surface area contributed by atoms with Crippen LogP contribution in [-0.2, 0) is 4.74 Å². The SMILES string of the molecule is CN=C(NCCNc1nc2ccccc2s1)NCC1CCCO1.I. The van der Waals surface area contributed by atoms with Gasteiger partial charge in [0.05, 0.1) is 16.3 Å². The maximum Gasteiger partial charge on any atom is 0.191 e. The van der Waals surface area contributed by atoms with Crippen LogP contribution in [0.3, 0.4) is 0 Å². The van der Waals surface area contributed by atoms with E-state index in [0.717, 1.165) is 55.7 Å². The number of hydrogen-bond donors (Lipinski definition) is 3. The Bertz CT molecular complexity index is 624. The van der Waals surface area contributed by atoms with Crippen LogP contribution in [0.1, 0.15) is 12.8 Å². The van der Waals surface area contributed by atoms with E-state index in [9.17, 15) is 0 Å². The van der Waals surface area contributed by atoms with Crippen LogP contribution in [0.25, 0.3) is 10.2 Å². The number of hydrogen-bond acceptors (Lipinski definition) is 5. The number of nitrogens with zero attached hydrogens (tertiary/aromatic N) is 2. The van der Waals surface area contributed by atoms with Gasteiger partial charge in [-0.2, -0.15) is 0 Å². The first-order valence-corrected chi connectivity index (χ1v) is 8.82. The predicted molar refractivity (Wildman–Crippen MR) is 112 cm³/mol. The van der Waals surface area contributed by atoms with Crippen LogP contribution in [0.15, 0.2) is 29.3 Å². The van der Waals surface area contributed by atoms with Crippen molar-refractivity contribution in [1.29, 1.82) is 0 Å². The summed E-state index contributed by atoms with van der Waals surface area (Å²) in [6, 6.07) is 8.17. The van der Waals surface area contributed by atoms with Gasteiger partial charge in [-0.3, -0.25) is 4.99 Å². The van der Waals surface area contributed by atoms with Crippen molar-refractivity contribution >= 4 is 56.6 Å². The van der Waals surface area contributed by atoms with Crippen LogP contribution in [0.5, 0.6) is 0 Å². The van der Waals surface area contributed by atoms with E-state index in [1.54, 1.807) is 18.4 Å². The molecule has 0 bridgehead atoms. The minimum atomic E-state index is 0. The maximum atomic E-state index is 5.60. The Morgan fingerprint density at radius 3 is 2.96 bits per heavy atom. The van der Waals surface area contributed by atoms with Gasteiger partial charge in [-0.05, 0) is 25.0 Å². The van der Waals surface area contributed by atoms with E-state index in [1.165, 1.54) is 4.70 Å². The molecule has 0 saturated carbocycles. The quantitative estimate of drug-likeness (QED) is 0.267. The van der Waals surface area contributed by atoms with Crippen molar-refractivity contribution in [2.24, 2.45) is 4.99 Å². The van der Waals surface area contributed by atoms with Crippen molar-refractivity contribution in [2.75, 3.05) is 38.6 Å². The van der Waals surface area contributed by atoms with Gasteiger partial charge in [-0.1, -0.05) is 23.5 Å². The number of halogens is 1. The molecule has 0 amide bonds. The first-order valence-electron chi connectivity index (χ1n) is 8.01. The second kappa shape index (κ2) is 10.00. The standard InChI is InChI=1S/C16H23N5OS.HI/c1-17-15(20-11-12-5-4-10-22-12)18-8-9-19-16-21-13-6-2-3-7-14(13)23-16;/h2-3,6-7,12H,4-5,8-11H2,1H3,(H,19,21)(H2,17,18,20);1H. The molecule has 1 aromatic heterocycles.